The molecule has 1 rings (SSSR count). The summed E-state index contributed by atoms with van der Waals surface area (Å²) >= 11 is 6.08. The van der Waals surface area contributed by atoms with Crippen molar-refractivity contribution in [1.29, 1.82) is 5.26 Å². The Labute approximate surface area is 102 Å². The molecule has 0 saturated carbocycles. The molecule has 1 unspecified atom stereocenters. The zero-order valence-corrected chi connectivity index (χ0v) is 10.7. The van der Waals surface area contributed by atoms with Crippen LogP contribution < -0.4 is 5.32 Å². The minimum absolute atomic E-state index is 0.451. The highest BCUT2D eigenvalue weighted by Gasteiger charge is 2.07. The first-order valence-electron chi connectivity index (χ1n) is 5.46. The van der Waals surface area contributed by atoms with Gasteiger partial charge in [0, 0.05) is 17.6 Å². The molecular weight excluding hydrogens is 220 g/mol. The first-order chi connectivity index (χ1) is 7.54. The van der Waals surface area contributed by atoms with Gasteiger partial charge in [-0.25, -0.2) is 0 Å². The van der Waals surface area contributed by atoms with Crippen molar-refractivity contribution in [3.8, 4) is 6.07 Å². The van der Waals surface area contributed by atoms with Crippen LogP contribution in [0.5, 0.6) is 0 Å². The molecule has 1 aromatic rings. The van der Waals surface area contributed by atoms with Crippen LogP contribution in [0.1, 0.15) is 31.9 Å². The zero-order chi connectivity index (χ0) is 12.1. The van der Waals surface area contributed by atoms with E-state index in [9.17, 15) is 0 Å². The Morgan fingerprint density at radius 3 is 2.56 bits per heavy atom. The zero-order valence-electron chi connectivity index (χ0n) is 9.92. The summed E-state index contributed by atoms with van der Waals surface area (Å²) in [7, 11) is 0. The molecule has 86 valence electrons. The van der Waals surface area contributed by atoms with Crippen molar-refractivity contribution in [3.63, 3.8) is 0 Å². The normalized spacial score (nSPS) is 12.5. The van der Waals surface area contributed by atoms with E-state index in [-0.39, 0.29) is 0 Å². The number of hydrogen-bond acceptors (Lipinski definition) is 2. The van der Waals surface area contributed by atoms with Crippen LogP contribution in [0.4, 0.5) is 0 Å². The molecular formula is C13H17ClN2. The molecule has 0 aliphatic carbocycles. The Morgan fingerprint density at radius 2 is 2.06 bits per heavy atom. The van der Waals surface area contributed by atoms with Gasteiger partial charge in [-0.15, -0.1) is 0 Å². The molecule has 1 N–H and O–H groups in total. The van der Waals surface area contributed by atoms with Gasteiger partial charge in [0.25, 0.3) is 0 Å². The standard InChI is InChI=1S/C13H17ClN2/c1-9(2)10(3)16-8-12-5-4-11(7-15)6-13(12)14/h4-6,9-10,16H,8H2,1-3H3. The maximum atomic E-state index is 8.72. The highest BCUT2D eigenvalue weighted by atomic mass is 35.5. The maximum absolute atomic E-state index is 8.72. The van der Waals surface area contributed by atoms with Crippen molar-refractivity contribution in [1.82, 2.24) is 5.32 Å². The monoisotopic (exact) mass is 236 g/mol. The average molecular weight is 237 g/mol. The van der Waals surface area contributed by atoms with Crippen molar-refractivity contribution in [3.05, 3.63) is 34.3 Å². The molecule has 0 aliphatic heterocycles. The number of halogens is 1. The van der Waals surface area contributed by atoms with Crippen molar-refractivity contribution in [2.45, 2.75) is 33.4 Å². The van der Waals surface area contributed by atoms with Gasteiger partial charge in [0.05, 0.1) is 11.6 Å². The molecule has 0 spiro atoms. The lowest BCUT2D eigenvalue weighted by Crippen LogP contribution is -2.30. The van der Waals surface area contributed by atoms with E-state index in [1.165, 1.54) is 0 Å². The van der Waals surface area contributed by atoms with Crippen LogP contribution in [0.25, 0.3) is 0 Å². The summed E-state index contributed by atoms with van der Waals surface area (Å²) in [5.41, 5.74) is 1.64. The molecule has 1 atom stereocenters. The van der Waals surface area contributed by atoms with Gasteiger partial charge in [0.1, 0.15) is 0 Å². The topological polar surface area (TPSA) is 35.8 Å². The number of nitrogens with one attached hydrogen (secondary N) is 1. The predicted molar refractivity (Wildman–Crippen MR) is 67.3 cm³/mol. The van der Waals surface area contributed by atoms with E-state index in [1.54, 1.807) is 12.1 Å². The molecule has 0 saturated heterocycles. The van der Waals surface area contributed by atoms with E-state index in [4.69, 9.17) is 16.9 Å². The van der Waals surface area contributed by atoms with Gasteiger partial charge in [-0.1, -0.05) is 31.5 Å². The highest BCUT2D eigenvalue weighted by Crippen LogP contribution is 2.17. The predicted octanol–water partition coefficient (Wildman–Crippen LogP) is 3.35. The van der Waals surface area contributed by atoms with E-state index < -0.39 is 0 Å². The van der Waals surface area contributed by atoms with E-state index in [2.05, 4.69) is 32.2 Å². The fourth-order valence-corrected chi connectivity index (χ4v) is 1.51. The summed E-state index contributed by atoms with van der Waals surface area (Å²) in [6.07, 6.45) is 0. The smallest absolute Gasteiger partial charge is 0.0992 e. The van der Waals surface area contributed by atoms with Crippen LogP contribution in [0.15, 0.2) is 18.2 Å². The van der Waals surface area contributed by atoms with E-state index >= 15 is 0 Å². The first kappa shape index (κ1) is 13.0. The highest BCUT2D eigenvalue weighted by molar-refractivity contribution is 6.31. The lowest BCUT2D eigenvalue weighted by Gasteiger charge is -2.17. The summed E-state index contributed by atoms with van der Waals surface area (Å²) in [4.78, 5) is 0. The van der Waals surface area contributed by atoms with Crippen LogP contribution in [-0.4, -0.2) is 6.04 Å². The summed E-state index contributed by atoms with van der Waals surface area (Å²) in [6, 6.07) is 7.93. The van der Waals surface area contributed by atoms with Crippen LogP contribution >= 0.6 is 11.6 Å². The Balaban J connectivity index is 2.65. The molecule has 0 bridgehead atoms. The number of rotatable bonds is 4. The van der Waals surface area contributed by atoms with E-state index in [1.807, 2.05) is 6.07 Å². The van der Waals surface area contributed by atoms with Crippen LogP contribution in [0.3, 0.4) is 0 Å². The summed E-state index contributed by atoms with van der Waals surface area (Å²) < 4.78 is 0. The fourth-order valence-electron chi connectivity index (χ4n) is 1.27. The minimum Gasteiger partial charge on any atom is -0.310 e. The van der Waals surface area contributed by atoms with Gasteiger partial charge in [-0.05, 0) is 30.5 Å². The SMILES string of the molecule is CC(C)C(C)NCc1ccc(C#N)cc1Cl. The van der Waals surface area contributed by atoms with Crippen LogP contribution in [0.2, 0.25) is 5.02 Å². The number of nitriles is 1. The van der Waals surface area contributed by atoms with Gasteiger partial charge in [-0.3, -0.25) is 0 Å². The quantitative estimate of drug-likeness (QED) is 0.870. The van der Waals surface area contributed by atoms with Gasteiger partial charge >= 0.3 is 0 Å². The van der Waals surface area contributed by atoms with Gasteiger partial charge < -0.3 is 5.32 Å². The summed E-state index contributed by atoms with van der Waals surface area (Å²) in [5, 5.41) is 12.8. The third-order valence-corrected chi connectivity index (χ3v) is 3.15. The molecule has 0 fully saturated rings. The molecule has 0 amide bonds. The molecule has 0 aliphatic rings. The van der Waals surface area contributed by atoms with Crippen molar-refractivity contribution < 1.29 is 0 Å². The van der Waals surface area contributed by atoms with Crippen LogP contribution in [0, 0.1) is 17.2 Å². The second-order valence-electron chi connectivity index (χ2n) is 4.33. The second kappa shape index (κ2) is 5.89. The van der Waals surface area contributed by atoms with Crippen LogP contribution in [-0.2, 0) is 6.54 Å². The van der Waals surface area contributed by atoms with Crippen molar-refractivity contribution in [2.75, 3.05) is 0 Å². The molecule has 3 heteroatoms. The molecule has 2 nitrogen and oxygen atoms in total. The lowest BCUT2D eigenvalue weighted by atomic mass is 10.1. The fraction of sp³-hybridized carbons (Fsp3) is 0.462. The summed E-state index contributed by atoms with van der Waals surface area (Å²) in [6.45, 7) is 7.25. The number of hydrogen-bond donors (Lipinski definition) is 1. The average Bonchev–Trinajstić information content (AvgIpc) is 2.26. The third kappa shape index (κ3) is 3.52. The largest absolute Gasteiger partial charge is 0.310 e. The number of nitrogens with zero attached hydrogens (tertiary/aromatic N) is 1. The van der Waals surface area contributed by atoms with Crippen molar-refractivity contribution >= 4 is 11.6 Å². The molecule has 0 aromatic heterocycles. The summed E-state index contributed by atoms with van der Waals surface area (Å²) in [5.74, 6) is 0.595. The lowest BCUT2D eigenvalue weighted by molar-refractivity contribution is 0.426. The van der Waals surface area contributed by atoms with E-state index in [0.29, 0.717) is 22.5 Å². The second-order valence-corrected chi connectivity index (χ2v) is 4.74. The first-order valence-corrected chi connectivity index (χ1v) is 5.84. The van der Waals surface area contributed by atoms with Crippen molar-refractivity contribution in [2.24, 2.45) is 5.92 Å². The molecule has 1 aromatic carbocycles. The number of benzene rings is 1. The van der Waals surface area contributed by atoms with Gasteiger partial charge in [0.2, 0.25) is 0 Å². The van der Waals surface area contributed by atoms with Gasteiger partial charge in [0.15, 0.2) is 0 Å². The molecule has 0 radical (unpaired) electrons. The third-order valence-electron chi connectivity index (χ3n) is 2.80. The Kier molecular flexibility index (Phi) is 4.79. The van der Waals surface area contributed by atoms with E-state index in [0.717, 1.165) is 12.1 Å². The molecule has 16 heavy (non-hydrogen) atoms. The maximum Gasteiger partial charge on any atom is 0.0992 e. The Bertz CT molecular complexity index is 393. The van der Waals surface area contributed by atoms with Gasteiger partial charge in [-0.2, -0.15) is 5.26 Å². The minimum atomic E-state index is 0.451. The Morgan fingerprint density at radius 1 is 1.38 bits per heavy atom. The Hall–Kier alpha value is -1.04. The molecule has 0 heterocycles.